The first kappa shape index (κ1) is 34.4. The van der Waals surface area contributed by atoms with Gasteiger partial charge < -0.3 is 50.1 Å². The van der Waals surface area contributed by atoms with Crippen LogP contribution in [0.5, 0.6) is 0 Å². The van der Waals surface area contributed by atoms with Crippen molar-refractivity contribution < 1.29 is 35.1 Å². The third-order valence-corrected chi connectivity index (χ3v) is 0. The minimum absolute atomic E-state index is 0. The van der Waals surface area contributed by atoms with Crippen molar-refractivity contribution in [1.82, 2.24) is 0 Å². The number of hydrogen-bond donors (Lipinski definition) is 2. The van der Waals surface area contributed by atoms with Crippen LogP contribution in [-0.4, -0.2) is 18.8 Å². The Labute approximate surface area is 84.4 Å². The first-order valence-electron chi connectivity index (χ1n) is 0.651. The molecule has 0 saturated heterocycles. The Kier molecular flexibility index (Phi) is 103. The van der Waals surface area contributed by atoms with Gasteiger partial charge in [-0.2, -0.15) is 0 Å². The van der Waals surface area contributed by atoms with E-state index in [0.717, 1.165) is 0 Å². The van der Waals surface area contributed by atoms with Crippen LogP contribution in [0.4, 0.5) is 0 Å². The first-order chi connectivity index (χ1) is 1.73. The summed E-state index contributed by atoms with van der Waals surface area (Å²) in [6.07, 6.45) is 0. The zero-order valence-corrected chi connectivity index (χ0v) is 8.89. The molecular weight excluding hydrogens is 268 g/mol. The Morgan fingerprint density at radius 1 is 1.00 bits per heavy atom. The second kappa shape index (κ2) is 23.8. The monoisotopic (exact) mass is 272 g/mol. The van der Waals surface area contributed by atoms with Crippen molar-refractivity contribution in [3.8, 4) is 0 Å². The molecule has 0 aromatic carbocycles. The Hall–Kier alpha value is 1.36. The van der Waals surface area contributed by atoms with Gasteiger partial charge in [-0.15, -0.1) is 0 Å². The van der Waals surface area contributed by atoms with Gasteiger partial charge in [0.1, 0.15) is 0 Å². The summed E-state index contributed by atoms with van der Waals surface area (Å²) in [7, 11) is -3.13. The molecule has 0 unspecified atom stereocenters. The van der Waals surface area contributed by atoms with E-state index in [1.807, 2.05) is 0 Å². The number of rotatable bonds is 0. The van der Waals surface area contributed by atoms with Gasteiger partial charge >= 0.3 is 9.17 Å². The quantitative estimate of drug-likeness (QED) is 0.520. The molecule has 0 aromatic rings. The van der Waals surface area contributed by atoms with Crippen LogP contribution in [0.25, 0.3) is 0 Å². The van der Waals surface area contributed by atoms with Gasteiger partial charge in [-0.05, 0) is 0 Å². The van der Waals surface area contributed by atoms with Crippen LogP contribution in [0.15, 0.2) is 0 Å². The topological polar surface area (TPSA) is 57.5 Å². The third-order valence-electron chi connectivity index (χ3n) is 0. The van der Waals surface area contributed by atoms with Crippen LogP contribution in [0.3, 0.4) is 0 Å². The molecule has 0 bridgehead atoms. The van der Waals surface area contributed by atoms with Gasteiger partial charge in [0.05, 0.1) is 0 Å². The minimum atomic E-state index is -3.13. The average Bonchev–Trinajstić information content (AvgIpc) is 0.811. The van der Waals surface area contributed by atoms with Crippen molar-refractivity contribution in [2.75, 3.05) is 0 Å². The minimum Gasteiger partial charge on any atom is -2.00 e. The summed E-state index contributed by atoms with van der Waals surface area (Å²) >= 11 is 0. The van der Waals surface area contributed by atoms with Crippen LogP contribution in [0.2, 0.25) is 0 Å². The molecule has 0 heterocycles. The summed E-state index contributed by atoms with van der Waals surface area (Å²) in [5.41, 5.74) is 0. The second-order valence-electron chi connectivity index (χ2n) is 0.283. The fourth-order valence-electron chi connectivity index (χ4n) is 0. The maximum Gasteiger partial charge on any atom is 0.761 e. The summed E-state index contributed by atoms with van der Waals surface area (Å²) in [4.78, 5) is 14.3. The van der Waals surface area contributed by atoms with Crippen LogP contribution in [-0.2, 0) is 66.0 Å². The van der Waals surface area contributed by atoms with Crippen molar-refractivity contribution in [3.63, 3.8) is 0 Å². The molecule has 0 saturated carbocycles. The summed E-state index contributed by atoms with van der Waals surface area (Å²) < 4.78 is 8.74. The van der Waals surface area contributed by atoms with Gasteiger partial charge in [-0.1, -0.05) is 0 Å². The Bertz CT molecular complexity index is 37.5. The molecule has 2 N–H and O–H groups in total. The zero-order valence-electron chi connectivity index (χ0n) is 3.44. The summed E-state index contributed by atoms with van der Waals surface area (Å²) in [6, 6.07) is 0. The van der Waals surface area contributed by atoms with Crippen molar-refractivity contribution in [3.05, 3.63) is 0 Å². The Balaban J connectivity index is -0.00000000750. The van der Waals surface area contributed by atoms with Crippen molar-refractivity contribution >= 4 is 49.7 Å². The molecule has 8 heteroatoms. The van der Waals surface area contributed by atoms with Crippen LogP contribution in [0, 0.1) is 0 Å². The molecule has 0 radical (unpaired) electrons. The average molecular weight is 270 g/mol. The van der Waals surface area contributed by atoms with Gasteiger partial charge in [-0.25, -0.2) is 0 Å². The van der Waals surface area contributed by atoms with Gasteiger partial charge in [0.25, 0.3) is 0 Å². The van der Waals surface area contributed by atoms with Crippen LogP contribution in [0.1, 0.15) is 0 Å². The SMILES string of the molecule is O=[Si](O)O.[Mo].[S-2].[S-2].[S-2]. The predicted molar refractivity (Wildman–Crippen MR) is 33.0 cm³/mol. The zero-order chi connectivity index (χ0) is 3.58. The molecule has 0 atom stereocenters. The van der Waals surface area contributed by atoms with Crippen LogP contribution >= 0.6 is 0 Å². The maximum atomic E-state index is 8.74. The maximum absolute atomic E-state index is 8.74. The molecule has 0 aliphatic rings. The summed E-state index contributed by atoms with van der Waals surface area (Å²) in [5, 5.41) is 0. The van der Waals surface area contributed by atoms with E-state index in [1.54, 1.807) is 0 Å². The summed E-state index contributed by atoms with van der Waals surface area (Å²) in [5.74, 6) is 0. The Morgan fingerprint density at radius 3 is 1.00 bits per heavy atom. The molecule has 54 valence electrons. The van der Waals surface area contributed by atoms with E-state index in [-0.39, 0.29) is 61.6 Å². The molecule has 0 aliphatic carbocycles. The first-order valence-corrected chi connectivity index (χ1v) is 1.95. The van der Waals surface area contributed by atoms with Gasteiger partial charge in [-0.3, -0.25) is 4.46 Å². The molecule has 0 fully saturated rings. The van der Waals surface area contributed by atoms with E-state index in [4.69, 9.17) is 14.1 Å². The summed E-state index contributed by atoms with van der Waals surface area (Å²) in [6.45, 7) is 0. The fraction of sp³-hybridized carbons (Fsp3) is 0. The van der Waals surface area contributed by atoms with E-state index in [0.29, 0.717) is 0 Å². The standard InChI is InChI=1S/Mo.H2O3Si.3S/c;1-4(2)3;;;/h;1-2H;;;/q;;3*-2. The third kappa shape index (κ3) is 162. The molecular formula is H2MoO3S3Si-6. The normalized spacial score (nSPS) is 3.00. The second-order valence-corrected chi connectivity index (χ2v) is 0.848. The van der Waals surface area contributed by atoms with Crippen molar-refractivity contribution in [2.24, 2.45) is 0 Å². The number of hydrogen-bond acceptors (Lipinski definition) is 1. The smallest absolute Gasteiger partial charge is 0.761 e. The molecule has 0 aromatic heterocycles. The predicted octanol–water partition coefficient (Wildman–Crippen LogP) is -1.62. The Morgan fingerprint density at radius 2 is 1.00 bits per heavy atom. The molecule has 0 rings (SSSR count). The molecule has 0 aliphatic heterocycles. The van der Waals surface area contributed by atoms with Gasteiger partial charge in [0.15, 0.2) is 0 Å². The van der Waals surface area contributed by atoms with Crippen LogP contribution < -0.4 is 0 Å². The van der Waals surface area contributed by atoms with Gasteiger partial charge in [0.2, 0.25) is 0 Å². The molecule has 8 heavy (non-hydrogen) atoms. The molecule has 0 spiro atoms. The van der Waals surface area contributed by atoms with E-state index in [1.165, 1.54) is 0 Å². The van der Waals surface area contributed by atoms with Gasteiger partial charge in [0, 0.05) is 21.1 Å². The van der Waals surface area contributed by atoms with E-state index >= 15 is 0 Å². The van der Waals surface area contributed by atoms with E-state index in [9.17, 15) is 0 Å². The molecule has 0 amide bonds. The van der Waals surface area contributed by atoms with E-state index < -0.39 is 9.17 Å². The van der Waals surface area contributed by atoms with Crippen molar-refractivity contribution in [1.29, 1.82) is 0 Å². The molecule has 3 nitrogen and oxygen atoms in total. The fourth-order valence-corrected chi connectivity index (χ4v) is 0. The largest absolute Gasteiger partial charge is 2.00 e. The van der Waals surface area contributed by atoms with E-state index in [2.05, 4.69) is 0 Å². The van der Waals surface area contributed by atoms with Crippen molar-refractivity contribution in [2.45, 2.75) is 0 Å².